The molecule has 18 heavy (non-hydrogen) atoms. The Bertz CT molecular complexity index is 476. The predicted molar refractivity (Wildman–Crippen MR) is 77.7 cm³/mol. The summed E-state index contributed by atoms with van der Waals surface area (Å²) < 4.78 is 0. The van der Waals surface area contributed by atoms with Gasteiger partial charge in [0.15, 0.2) is 0 Å². The molecule has 0 spiro atoms. The molecule has 0 heterocycles. The summed E-state index contributed by atoms with van der Waals surface area (Å²) in [5.74, 6) is 0. The second kappa shape index (κ2) is 6.36. The SMILES string of the molecule is CNC(CCc1ccccc1)c1ccccc1C. The average molecular weight is 239 g/mol. The smallest absolute Gasteiger partial charge is 0.0323 e. The first-order valence-electron chi connectivity index (χ1n) is 6.58. The van der Waals surface area contributed by atoms with Crippen LogP contribution in [0.1, 0.15) is 29.2 Å². The maximum absolute atomic E-state index is 3.43. The molecule has 0 radical (unpaired) electrons. The molecule has 0 fully saturated rings. The van der Waals surface area contributed by atoms with Crippen molar-refractivity contribution in [3.8, 4) is 0 Å². The van der Waals surface area contributed by atoms with Crippen molar-refractivity contribution in [2.45, 2.75) is 25.8 Å². The molecule has 94 valence electrons. The van der Waals surface area contributed by atoms with E-state index in [0.29, 0.717) is 6.04 Å². The number of nitrogens with one attached hydrogen (secondary N) is 1. The number of hydrogen-bond donors (Lipinski definition) is 1. The van der Waals surface area contributed by atoms with Gasteiger partial charge < -0.3 is 5.32 Å². The second-order valence-corrected chi connectivity index (χ2v) is 4.72. The molecule has 1 N–H and O–H groups in total. The summed E-state index contributed by atoms with van der Waals surface area (Å²) in [7, 11) is 2.04. The van der Waals surface area contributed by atoms with E-state index in [0.717, 1.165) is 12.8 Å². The first kappa shape index (κ1) is 12.8. The minimum Gasteiger partial charge on any atom is -0.313 e. The molecule has 0 bridgehead atoms. The highest BCUT2D eigenvalue weighted by Gasteiger charge is 2.10. The van der Waals surface area contributed by atoms with E-state index in [-0.39, 0.29) is 0 Å². The first-order chi connectivity index (χ1) is 8.81. The van der Waals surface area contributed by atoms with Crippen molar-refractivity contribution in [2.24, 2.45) is 0 Å². The summed E-state index contributed by atoms with van der Waals surface area (Å²) >= 11 is 0. The summed E-state index contributed by atoms with van der Waals surface area (Å²) in [5.41, 5.74) is 4.19. The first-order valence-corrected chi connectivity index (χ1v) is 6.58. The van der Waals surface area contributed by atoms with Crippen molar-refractivity contribution in [3.05, 3.63) is 71.3 Å². The van der Waals surface area contributed by atoms with E-state index in [2.05, 4.69) is 66.8 Å². The lowest BCUT2D eigenvalue weighted by molar-refractivity contribution is 0.547. The molecule has 2 rings (SSSR count). The number of aryl methyl sites for hydroxylation is 2. The largest absolute Gasteiger partial charge is 0.313 e. The van der Waals surface area contributed by atoms with Crippen molar-refractivity contribution >= 4 is 0 Å². The van der Waals surface area contributed by atoms with E-state index in [1.54, 1.807) is 0 Å². The van der Waals surface area contributed by atoms with Crippen LogP contribution in [0, 0.1) is 6.92 Å². The van der Waals surface area contributed by atoms with Gasteiger partial charge in [-0.25, -0.2) is 0 Å². The quantitative estimate of drug-likeness (QED) is 0.834. The highest BCUT2D eigenvalue weighted by Crippen LogP contribution is 2.21. The molecule has 0 aliphatic rings. The van der Waals surface area contributed by atoms with Crippen LogP contribution in [0.3, 0.4) is 0 Å². The molecular formula is C17H21N. The van der Waals surface area contributed by atoms with Crippen molar-refractivity contribution in [3.63, 3.8) is 0 Å². The number of benzene rings is 2. The summed E-state index contributed by atoms with van der Waals surface area (Å²) in [4.78, 5) is 0. The zero-order chi connectivity index (χ0) is 12.8. The molecule has 0 aromatic heterocycles. The summed E-state index contributed by atoms with van der Waals surface area (Å²) in [6.07, 6.45) is 2.24. The molecule has 0 aliphatic heterocycles. The third-order valence-electron chi connectivity index (χ3n) is 3.48. The van der Waals surface area contributed by atoms with Crippen LogP contribution < -0.4 is 5.32 Å². The Morgan fingerprint density at radius 2 is 1.61 bits per heavy atom. The van der Waals surface area contributed by atoms with Crippen LogP contribution >= 0.6 is 0 Å². The molecule has 1 atom stereocenters. The fourth-order valence-electron chi connectivity index (χ4n) is 2.39. The van der Waals surface area contributed by atoms with Crippen molar-refractivity contribution in [1.29, 1.82) is 0 Å². The van der Waals surface area contributed by atoms with Gasteiger partial charge in [-0.3, -0.25) is 0 Å². The molecule has 1 unspecified atom stereocenters. The predicted octanol–water partition coefficient (Wildman–Crippen LogP) is 3.89. The standard InChI is InChI=1S/C17H21N/c1-14-8-6-7-11-16(14)17(18-2)13-12-15-9-4-3-5-10-15/h3-11,17-18H,12-13H2,1-2H3. The lowest BCUT2D eigenvalue weighted by atomic mass is 9.96. The molecule has 2 aromatic rings. The lowest BCUT2D eigenvalue weighted by Crippen LogP contribution is -2.18. The van der Waals surface area contributed by atoms with Gasteiger partial charge in [-0.05, 0) is 43.5 Å². The molecule has 0 saturated heterocycles. The Labute approximate surface area is 110 Å². The van der Waals surface area contributed by atoms with Crippen LogP contribution in [0.5, 0.6) is 0 Å². The summed E-state index contributed by atoms with van der Waals surface area (Å²) in [5, 5.41) is 3.43. The van der Waals surface area contributed by atoms with Crippen LogP contribution in [-0.4, -0.2) is 7.05 Å². The Kier molecular flexibility index (Phi) is 4.54. The molecule has 0 aliphatic carbocycles. The Morgan fingerprint density at radius 1 is 0.944 bits per heavy atom. The van der Waals surface area contributed by atoms with Gasteiger partial charge in [0.1, 0.15) is 0 Å². The van der Waals surface area contributed by atoms with E-state index in [9.17, 15) is 0 Å². The van der Waals surface area contributed by atoms with E-state index in [1.807, 2.05) is 7.05 Å². The molecule has 0 saturated carbocycles. The second-order valence-electron chi connectivity index (χ2n) is 4.72. The number of rotatable bonds is 5. The monoisotopic (exact) mass is 239 g/mol. The van der Waals surface area contributed by atoms with E-state index >= 15 is 0 Å². The minimum absolute atomic E-state index is 0.436. The van der Waals surface area contributed by atoms with Crippen molar-refractivity contribution in [2.75, 3.05) is 7.05 Å². The fourth-order valence-corrected chi connectivity index (χ4v) is 2.39. The topological polar surface area (TPSA) is 12.0 Å². The van der Waals surface area contributed by atoms with Crippen LogP contribution in [0.2, 0.25) is 0 Å². The zero-order valence-electron chi connectivity index (χ0n) is 11.2. The average Bonchev–Trinajstić information content (AvgIpc) is 2.42. The molecular weight excluding hydrogens is 218 g/mol. The van der Waals surface area contributed by atoms with Gasteiger partial charge in [0, 0.05) is 6.04 Å². The number of hydrogen-bond acceptors (Lipinski definition) is 1. The van der Waals surface area contributed by atoms with Crippen molar-refractivity contribution in [1.82, 2.24) is 5.32 Å². The van der Waals surface area contributed by atoms with E-state index in [4.69, 9.17) is 0 Å². The van der Waals surface area contributed by atoms with Gasteiger partial charge in [-0.15, -0.1) is 0 Å². The van der Waals surface area contributed by atoms with Gasteiger partial charge in [-0.2, -0.15) is 0 Å². The molecule has 1 nitrogen and oxygen atoms in total. The minimum atomic E-state index is 0.436. The molecule has 2 aromatic carbocycles. The van der Waals surface area contributed by atoms with Crippen molar-refractivity contribution < 1.29 is 0 Å². The summed E-state index contributed by atoms with van der Waals surface area (Å²) in [6, 6.07) is 19.7. The molecule has 1 heteroatoms. The highest BCUT2D eigenvalue weighted by atomic mass is 14.9. The molecule has 0 amide bonds. The van der Waals surface area contributed by atoms with Crippen LogP contribution in [0.25, 0.3) is 0 Å². The van der Waals surface area contributed by atoms with Crippen LogP contribution in [0.4, 0.5) is 0 Å². The Hall–Kier alpha value is -1.60. The van der Waals surface area contributed by atoms with E-state index in [1.165, 1.54) is 16.7 Å². The summed E-state index contributed by atoms with van der Waals surface area (Å²) in [6.45, 7) is 2.18. The maximum Gasteiger partial charge on any atom is 0.0323 e. The van der Waals surface area contributed by atoms with Gasteiger partial charge in [-0.1, -0.05) is 54.6 Å². The van der Waals surface area contributed by atoms with Gasteiger partial charge in [0.25, 0.3) is 0 Å². The van der Waals surface area contributed by atoms with Gasteiger partial charge >= 0.3 is 0 Å². The third-order valence-corrected chi connectivity index (χ3v) is 3.48. The van der Waals surface area contributed by atoms with Gasteiger partial charge in [0.2, 0.25) is 0 Å². The zero-order valence-corrected chi connectivity index (χ0v) is 11.2. The third kappa shape index (κ3) is 3.21. The Balaban J connectivity index is 2.04. The lowest BCUT2D eigenvalue weighted by Gasteiger charge is -2.18. The van der Waals surface area contributed by atoms with Gasteiger partial charge in [0.05, 0.1) is 0 Å². The van der Waals surface area contributed by atoms with Crippen LogP contribution in [-0.2, 0) is 6.42 Å². The Morgan fingerprint density at radius 3 is 2.28 bits per heavy atom. The fraction of sp³-hybridized carbons (Fsp3) is 0.294. The van der Waals surface area contributed by atoms with Crippen LogP contribution in [0.15, 0.2) is 54.6 Å². The van der Waals surface area contributed by atoms with E-state index < -0.39 is 0 Å². The normalized spacial score (nSPS) is 12.3. The maximum atomic E-state index is 3.43. The highest BCUT2D eigenvalue weighted by molar-refractivity contribution is 5.29.